The topological polar surface area (TPSA) is 133 Å². The number of nitrogens with two attached hydrogens (primary N) is 1. The summed E-state index contributed by atoms with van der Waals surface area (Å²) in [5.41, 5.74) is -1.01. The molecule has 0 fully saturated rings. The number of nitrogens with zero attached hydrogens (tertiary/aromatic N) is 3. The number of carbonyl (C=O) groups is 1. The summed E-state index contributed by atoms with van der Waals surface area (Å²) in [6.07, 6.45) is 2.57. The maximum absolute atomic E-state index is 10.8. The monoisotopic (exact) mass is 252 g/mol. The SMILES string of the molecule is NN(C=CC=O)c1ccc([N+](=O)[O-])cc1[N+](=O)[O-]. The summed E-state index contributed by atoms with van der Waals surface area (Å²) < 4.78 is 0. The van der Waals surface area contributed by atoms with Crippen LogP contribution in [-0.2, 0) is 4.79 Å². The first-order valence-electron chi connectivity index (χ1n) is 4.56. The van der Waals surface area contributed by atoms with Crippen LogP contribution in [0, 0.1) is 20.2 Å². The summed E-state index contributed by atoms with van der Waals surface area (Å²) in [7, 11) is 0. The Labute approximate surface area is 100 Å². The maximum Gasteiger partial charge on any atom is 0.301 e. The highest BCUT2D eigenvalue weighted by Gasteiger charge is 2.21. The van der Waals surface area contributed by atoms with E-state index in [1.807, 2.05) is 0 Å². The van der Waals surface area contributed by atoms with Gasteiger partial charge >= 0.3 is 5.69 Å². The molecule has 9 nitrogen and oxygen atoms in total. The largest absolute Gasteiger partial charge is 0.301 e. The van der Waals surface area contributed by atoms with Gasteiger partial charge in [-0.1, -0.05) is 0 Å². The second-order valence-corrected chi connectivity index (χ2v) is 3.07. The van der Waals surface area contributed by atoms with Gasteiger partial charge in [-0.2, -0.15) is 0 Å². The van der Waals surface area contributed by atoms with Crippen LogP contribution in [0.5, 0.6) is 0 Å². The van der Waals surface area contributed by atoms with E-state index in [0.717, 1.165) is 35.5 Å². The minimum Gasteiger partial charge on any atom is -0.299 e. The van der Waals surface area contributed by atoms with Gasteiger partial charge in [0.05, 0.1) is 15.9 Å². The molecule has 0 saturated carbocycles. The summed E-state index contributed by atoms with van der Waals surface area (Å²) in [5, 5.41) is 22.1. The van der Waals surface area contributed by atoms with Crippen molar-refractivity contribution in [1.29, 1.82) is 0 Å². The van der Waals surface area contributed by atoms with Gasteiger partial charge < -0.3 is 0 Å². The van der Waals surface area contributed by atoms with Crippen molar-refractivity contribution < 1.29 is 14.6 Å². The third-order valence-corrected chi connectivity index (χ3v) is 1.97. The minimum atomic E-state index is -0.795. The van der Waals surface area contributed by atoms with Crippen LogP contribution in [0.4, 0.5) is 17.1 Å². The number of hydrogen-bond donors (Lipinski definition) is 1. The van der Waals surface area contributed by atoms with Crippen LogP contribution in [0.3, 0.4) is 0 Å². The van der Waals surface area contributed by atoms with E-state index in [1.54, 1.807) is 0 Å². The van der Waals surface area contributed by atoms with Crippen molar-refractivity contribution >= 4 is 23.3 Å². The lowest BCUT2D eigenvalue weighted by atomic mass is 10.2. The molecule has 1 rings (SSSR count). The highest BCUT2D eigenvalue weighted by Crippen LogP contribution is 2.30. The number of hydrogen-bond acceptors (Lipinski definition) is 7. The number of hydrazine groups is 1. The van der Waals surface area contributed by atoms with Gasteiger partial charge in [-0.3, -0.25) is 30.0 Å². The Kier molecular flexibility index (Phi) is 4.05. The highest BCUT2D eigenvalue weighted by atomic mass is 16.6. The number of non-ortho nitro benzene ring substituents is 1. The van der Waals surface area contributed by atoms with E-state index in [2.05, 4.69) is 0 Å². The molecular formula is C9H8N4O5. The zero-order valence-corrected chi connectivity index (χ0v) is 8.92. The predicted octanol–water partition coefficient (Wildman–Crippen LogP) is 0.896. The first kappa shape index (κ1) is 13.3. The molecule has 0 spiro atoms. The fourth-order valence-corrected chi connectivity index (χ4v) is 1.20. The van der Waals surface area contributed by atoms with Gasteiger partial charge in [0.15, 0.2) is 0 Å². The summed E-state index contributed by atoms with van der Waals surface area (Å²) in [6, 6.07) is 3.01. The average molecular weight is 252 g/mol. The molecule has 0 saturated heterocycles. The Morgan fingerprint density at radius 3 is 2.39 bits per heavy atom. The number of aldehydes is 1. The second kappa shape index (κ2) is 5.50. The van der Waals surface area contributed by atoms with Crippen LogP contribution < -0.4 is 10.9 Å². The molecule has 0 atom stereocenters. The van der Waals surface area contributed by atoms with Crippen LogP contribution in [-0.4, -0.2) is 16.1 Å². The van der Waals surface area contributed by atoms with Gasteiger partial charge in [-0.15, -0.1) is 0 Å². The van der Waals surface area contributed by atoms with Crippen molar-refractivity contribution in [2.24, 2.45) is 5.84 Å². The van der Waals surface area contributed by atoms with E-state index >= 15 is 0 Å². The fraction of sp³-hybridized carbons (Fsp3) is 0. The molecule has 0 radical (unpaired) electrons. The Morgan fingerprint density at radius 2 is 1.89 bits per heavy atom. The molecule has 0 amide bonds. The lowest BCUT2D eigenvalue weighted by molar-refractivity contribution is -0.393. The van der Waals surface area contributed by atoms with Crippen molar-refractivity contribution in [3.05, 3.63) is 50.7 Å². The fourth-order valence-electron chi connectivity index (χ4n) is 1.20. The molecule has 0 bridgehead atoms. The number of rotatable bonds is 5. The van der Waals surface area contributed by atoms with Gasteiger partial charge in [0.1, 0.15) is 12.0 Å². The van der Waals surface area contributed by atoms with Gasteiger partial charge in [0.2, 0.25) is 0 Å². The number of benzene rings is 1. The maximum atomic E-state index is 10.8. The Balaban J connectivity index is 3.27. The van der Waals surface area contributed by atoms with E-state index < -0.39 is 21.2 Å². The molecule has 94 valence electrons. The predicted molar refractivity (Wildman–Crippen MR) is 61.6 cm³/mol. The molecule has 0 aromatic heterocycles. The quantitative estimate of drug-likeness (QED) is 0.270. The molecule has 0 aliphatic carbocycles. The van der Waals surface area contributed by atoms with Crippen LogP contribution >= 0.6 is 0 Å². The van der Waals surface area contributed by atoms with Crippen LogP contribution in [0.1, 0.15) is 0 Å². The zero-order valence-electron chi connectivity index (χ0n) is 8.92. The van der Waals surface area contributed by atoms with Crippen molar-refractivity contribution in [2.75, 3.05) is 5.01 Å². The molecule has 18 heavy (non-hydrogen) atoms. The molecule has 0 aliphatic heterocycles. The van der Waals surface area contributed by atoms with Crippen molar-refractivity contribution in [3.8, 4) is 0 Å². The molecular weight excluding hydrogens is 244 g/mol. The lowest BCUT2D eigenvalue weighted by Crippen LogP contribution is -2.25. The van der Waals surface area contributed by atoms with Gasteiger partial charge in [0.25, 0.3) is 5.69 Å². The third-order valence-electron chi connectivity index (χ3n) is 1.97. The van der Waals surface area contributed by atoms with Crippen molar-refractivity contribution in [3.63, 3.8) is 0 Å². The number of nitro groups is 2. The second-order valence-electron chi connectivity index (χ2n) is 3.07. The molecule has 9 heteroatoms. The van der Waals surface area contributed by atoms with E-state index in [9.17, 15) is 25.0 Å². The van der Waals surface area contributed by atoms with E-state index in [-0.39, 0.29) is 5.69 Å². The van der Waals surface area contributed by atoms with Gasteiger partial charge in [0, 0.05) is 12.3 Å². The highest BCUT2D eigenvalue weighted by molar-refractivity contribution is 5.70. The lowest BCUT2D eigenvalue weighted by Gasteiger charge is -2.12. The molecule has 2 N–H and O–H groups in total. The number of anilines is 1. The Morgan fingerprint density at radius 1 is 1.22 bits per heavy atom. The zero-order chi connectivity index (χ0) is 13.7. The molecule has 0 unspecified atom stereocenters. The summed E-state index contributed by atoms with van der Waals surface area (Å²) in [5.74, 6) is 5.46. The molecule has 0 aliphatic rings. The molecule has 0 heterocycles. The van der Waals surface area contributed by atoms with Crippen molar-refractivity contribution in [1.82, 2.24) is 0 Å². The van der Waals surface area contributed by atoms with Crippen molar-refractivity contribution in [2.45, 2.75) is 0 Å². The average Bonchev–Trinajstić information content (AvgIpc) is 2.34. The summed E-state index contributed by atoms with van der Waals surface area (Å²) >= 11 is 0. The first-order valence-corrected chi connectivity index (χ1v) is 4.56. The molecule has 1 aromatic rings. The molecule has 1 aromatic carbocycles. The van der Waals surface area contributed by atoms with E-state index in [4.69, 9.17) is 5.84 Å². The minimum absolute atomic E-state index is 0.0660. The normalized spacial score (nSPS) is 10.3. The Hall–Kier alpha value is -2.81. The van der Waals surface area contributed by atoms with Crippen LogP contribution in [0.15, 0.2) is 30.5 Å². The van der Waals surface area contributed by atoms with Crippen LogP contribution in [0.2, 0.25) is 0 Å². The number of carbonyl (C=O) groups excluding carboxylic acids is 1. The number of nitro benzene ring substituents is 2. The summed E-state index contributed by atoms with van der Waals surface area (Å²) in [6.45, 7) is 0. The Bertz CT molecular complexity index is 528. The van der Waals surface area contributed by atoms with E-state index in [0.29, 0.717) is 6.29 Å². The first-order chi connectivity index (χ1) is 8.47. The van der Waals surface area contributed by atoms with Crippen LogP contribution in [0.25, 0.3) is 0 Å². The smallest absolute Gasteiger partial charge is 0.299 e. The summed E-state index contributed by atoms with van der Waals surface area (Å²) in [4.78, 5) is 29.9. The standard InChI is InChI=1S/C9H8N4O5/c10-11(4-1-5-14)8-3-2-7(12(15)16)6-9(8)13(17)18/h1-6H,10H2. The number of allylic oxidation sites excluding steroid dienone is 1. The van der Waals surface area contributed by atoms with Gasteiger partial charge in [-0.25, -0.2) is 5.84 Å². The third kappa shape index (κ3) is 2.86. The van der Waals surface area contributed by atoms with E-state index in [1.165, 1.54) is 0 Å². The van der Waals surface area contributed by atoms with Gasteiger partial charge in [-0.05, 0) is 12.1 Å².